The Hall–Kier alpha value is -3.56. The Morgan fingerprint density at radius 2 is 2.18 bits per heavy atom. The fourth-order valence-corrected chi connectivity index (χ4v) is 3.32. The van der Waals surface area contributed by atoms with Crippen molar-refractivity contribution in [2.75, 3.05) is 0 Å². The molecule has 28 heavy (non-hydrogen) atoms. The number of rotatable bonds is 4. The number of fused-ring (bicyclic) bond motifs is 1. The van der Waals surface area contributed by atoms with E-state index in [1.165, 1.54) is 0 Å². The smallest absolute Gasteiger partial charge is 0.333 e. The topological polar surface area (TPSA) is 103 Å². The van der Waals surface area contributed by atoms with Crippen LogP contribution in [0.25, 0.3) is 22.7 Å². The molecule has 6 nitrogen and oxygen atoms in total. The van der Waals surface area contributed by atoms with Gasteiger partial charge in [0.1, 0.15) is 23.4 Å². The number of carboxylic acids is 1. The van der Waals surface area contributed by atoms with Gasteiger partial charge in [-0.3, -0.25) is 0 Å². The molecule has 4 rings (SSSR count). The van der Waals surface area contributed by atoms with Crippen molar-refractivity contribution in [2.45, 2.75) is 12.3 Å². The predicted molar refractivity (Wildman–Crippen MR) is 105 cm³/mol. The van der Waals surface area contributed by atoms with E-state index in [9.17, 15) is 15.2 Å². The van der Waals surface area contributed by atoms with Gasteiger partial charge in [-0.05, 0) is 36.8 Å². The number of nitriles is 1. The second kappa shape index (κ2) is 7.22. The third-order valence-electron chi connectivity index (χ3n) is 4.51. The quantitative estimate of drug-likeness (QED) is 0.619. The molecule has 7 heteroatoms. The van der Waals surface area contributed by atoms with Crippen molar-refractivity contribution >= 4 is 40.3 Å². The number of aliphatic carboxylic acids is 1. The molecule has 1 aliphatic rings. The summed E-state index contributed by atoms with van der Waals surface area (Å²) in [7, 11) is 0. The predicted octanol–water partition coefficient (Wildman–Crippen LogP) is 4.84. The summed E-state index contributed by atoms with van der Waals surface area (Å²) in [6, 6.07) is 13.2. The molecule has 0 fully saturated rings. The summed E-state index contributed by atoms with van der Waals surface area (Å²) in [5, 5.41) is 19.0. The Labute approximate surface area is 165 Å². The minimum Gasteiger partial charge on any atom is -0.478 e. The fourth-order valence-electron chi connectivity index (χ4n) is 3.09. The first kappa shape index (κ1) is 17.8. The highest BCUT2D eigenvalue weighted by molar-refractivity contribution is 6.33. The zero-order chi connectivity index (χ0) is 19.7. The maximum absolute atomic E-state index is 11.3. The van der Waals surface area contributed by atoms with E-state index in [1.54, 1.807) is 24.3 Å². The Balaban J connectivity index is 1.61. The highest BCUT2D eigenvalue weighted by atomic mass is 35.5. The number of aromatic amines is 1. The van der Waals surface area contributed by atoms with Crippen LogP contribution in [0.2, 0.25) is 0 Å². The van der Waals surface area contributed by atoms with Crippen molar-refractivity contribution in [2.24, 2.45) is 0 Å². The SMILES string of the molecule is N#C/C(=C\c1ccc(C2C=CC(Cl)=C(C(=O)O)C2)o1)c1nc2ccccc2[nH]1. The Kier molecular flexibility index (Phi) is 4.60. The van der Waals surface area contributed by atoms with Gasteiger partial charge in [-0.2, -0.15) is 5.26 Å². The average molecular weight is 392 g/mol. The molecule has 0 spiro atoms. The molecule has 2 aromatic heterocycles. The van der Waals surface area contributed by atoms with E-state index < -0.39 is 5.97 Å². The van der Waals surface area contributed by atoms with Crippen LogP contribution in [0.3, 0.4) is 0 Å². The summed E-state index contributed by atoms with van der Waals surface area (Å²) in [6.07, 6.45) is 5.24. The summed E-state index contributed by atoms with van der Waals surface area (Å²) < 4.78 is 5.84. The number of imidazole rings is 1. The van der Waals surface area contributed by atoms with E-state index in [2.05, 4.69) is 16.0 Å². The molecule has 1 aliphatic carbocycles. The van der Waals surface area contributed by atoms with Crippen LogP contribution in [0.15, 0.2) is 63.6 Å². The number of nitrogens with zero attached hydrogens (tertiary/aromatic N) is 2. The molecule has 1 aromatic carbocycles. The van der Waals surface area contributed by atoms with Crippen LogP contribution in [0.1, 0.15) is 29.7 Å². The third-order valence-corrected chi connectivity index (χ3v) is 4.86. The van der Waals surface area contributed by atoms with Gasteiger partial charge in [0, 0.05) is 12.0 Å². The lowest BCUT2D eigenvalue weighted by Gasteiger charge is -2.15. The van der Waals surface area contributed by atoms with Crippen LogP contribution in [0, 0.1) is 11.3 Å². The van der Waals surface area contributed by atoms with Gasteiger partial charge in [0.2, 0.25) is 0 Å². The maximum Gasteiger partial charge on any atom is 0.333 e. The number of H-pyrrole nitrogens is 1. The molecule has 0 radical (unpaired) electrons. The van der Waals surface area contributed by atoms with Gasteiger partial charge in [0.25, 0.3) is 0 Å². The van der Waals surface area contributed by atoms with Crippen LogP contribution < -0.4 is 0 Å². The number of benzene rings is 1. The van der Waals surface area contributed by atoms with Gasteiger partial charge in [-0.15, -0.1) is 0 Å². The van der Waals surface area contributed by atoms with Gasteiger partial charge >= 0.3 is 5.97 Å². The molecule has 0 saturated heterocycles. The molecule has 0 bridgehead atoms. The van der Waals surface area contributed by atoms with Crippen molar-refractivity contribution in [1.82, 2.24) is 9.97 Å². The first-order chi connectivity index (χ1) is 13.5. The number of carboxylic acid groups (broad SMARTS) is 1. The van der Waals surface area contributed by atoms with Gasteiger partial charge in [0.15, 0.2) is 0 Å². The lowest BCUT2D eigenvalue weighted by atomic mass is 9.92. The van der Waals surface area contributed by atoms with E-state index in [-0.39, 0.29) is 22.9 Å². The highest BCUT2D eigenvalue weighted by Gasteiger charge is 2.24. The third kappa shape index (κ3) is 3.36. The Bertz CT molecular complexity index is 1170. The normalized spacial score (nSPS) is 17.1. The molecule has 0 aliphatic heterocycles. The standard InChI is InChI=1S/C21H14ClN3O3/c22-16-7-5-12(10-15(16)21(26)27)19-8-6-14(28-19)9-13(11-23)20-24-17-3-1-2-4-18(17)25-20/h1-9,12H,10H2,(H,24,25)(H,26,27)/b13-9+. The first-order valence-electron chi connectivity index (χ1n) is 8.52. The van der Waals surface area contributed by atoms with Gasteiger partial charge < -0.3 is 14.5 Å². The molecule has 1 unspecified atom stereocenters. The van der Waals surface area contributed by atoms with Crippen LogP contribution in [-0.2, 0) is 4.79 Å². The van der Waals surface area contributed by atoms with Crippen molar-refractivity contribution in [3.05, 3.63) is 76.5 Å². The van der Waals surface area contributed by atoms with Crippen molar-refractivity contribution in [1.29, 1.82) is 5.26 Å². The first-order valence-corrected chi connectivity index (χ1v) is 8.89. The van der Waals surface area contributed by atoms with Crippen LogP contribution in [0.4, 0.5) is 0 Å². The Morgan fingerprint density at radius 3 is 2.93 bits per heavy atom. The zero-order valence-corrected chi connectivity index (χ0v) is 15.3. The van der Waals surface area contributed by atoms with Crippen molar-refractivity contribution < 1.29 is 14.3 Å². The van der Waals surface area contributed by atoms with Gasteiger partial charge in [0.05, 0.1) is 27.2 Å². The molecule has 3 aromatic rings. The summed E-state index contributed by atoms with van der Waals surface area (Å²) in [6.45, 7) is 0. The molecule has 1 atom stereocenters. The van der Waals surface area contributed by atoms with Gasteiger partial charge in [-0.25, -0.2) is 9.78 Å². The number of halogens is 1. The second-order valence-corrected chi connectivity index (χ2v) is 6.72. The number of nitrogens with one attached hydrogen (secondary N) is 1. The molecular formula is C21H14ClN3O3. The van der Waals surface area contributed by atoms with Gasteiger partial charge in [-0.1, -0.05) is 29.8 Å². The summed E-state index contributed by atoms with van der Waals surface area (Å²) >= 11 is 5.95. The number of allylic oxidation sites excluding steroid dienone is 4. The molecule has 2 heterocycles. The number of para-hydroxylation sites is 2. The molecule has 0 amide bonds. The van der Waals surface area contributed by atoms with E-state index >= 15 is 0 Å². The van der Waals surface area contributed by atoms with E-state index in [4.69, 9.17) is 16.0 Å². The number of furan rings is 1. The minimum atomic E-state index is -1.04. The molecule has 138 valence electrons. The summed E-state index contributed by atoms with van der Waals surface area (Å²) in [4.78, 5) is 18.8. The average Bonchev–Trinajstić information content (AvgIpc) is 3.33. The number of hydrogen-bond acceptors (Lipinski definition) is 4. The summed E-state index contributed by atoms with van der Waals surface area (Å²) in [5.41, 5.74) is 2.11. The van der Waals surface area contributed by atoms with Crippen molar-refractivity contribution in [3.8, 4) is 6.07 Å². The largest absolute Gasteiger partial charge is 0.478 e. The number of aromatic nitrogens is 2. The van der Waals surface area contributed by atoms with E-state index in [1.807, 2.05) is 30.3 Å². The number of hydrogen-bond donors (Lipinski definition) is 2. The van der Waals surface area contributed by atoms with E-state index in [0.717, 1.165) is 11.0 Å². The fraction of sp³-hybridized carbons (Fsp3) is 0.0952. The van der Waals surface area contributed by atoms with Crippen LogP contribution in [0.5, 0.6) is 0 Å². The lowest BCUT2D eigenvalue weighted by Crippen LogP contribution is -2.09. The molecular weight excluding hydrogens is 378 g/mol. The molecule has 0 saturated carbocycles. The van der Waals surface area contributed by atoms with E-state index in [0.29, 0.717) is 22.9 Å². The van der Waals surface area contributed by atoms with Crippen molar-refractivity contribution in [3.63, 3.8) is 0 Å². The second-order valence-electron chi connectivity index (χ2n) is 6.31. The molecule has 2 N–H and O–H groups in total. The Morgan fingerprint density at radius 1 is 1.36 bits per heavy atom. The zero-order valence-electron chi connectivity index (χ0n) is 14.5. The minimum absolute atomic E-state index is 0.155. The van der Waals surface area contributed by atoms with Crippen LogP contribution >= 0.6 is 11.6 Å². The van der Waals surface area contributed by atoms with Crippen LogP contribution in [-0.4, -0.2) is 21.0 Å². The maximum atomic E-state index is 11.3. The monoisotopic (exact) mass is 391 g/mol. The number of carbonyl (C=O) groups is 1. The summed E-state index contributed by atoms with van der Waals surface area (Å²) in [5.74, 6) is 0.280. The highest BCUT2D eigenvalue weighted by Crippen LogP contribution is 2.34. The lowest BCUT2D eigenvalue weighted by molar-refractivity contribution is -0.132.